The highest BCUT2D eigenvalue weighted by Crippen LogP contribution is 2.50. The molecule has 3 rings (SSSR count). The summed E-state index contributed by atoms with van der Waals surface area (Å²) >= 11 is 0. The molecule has 0 aromatic carbocycles. The first-order valence-electron chi connectivity index (χ1n) is 13.4. The first-order chi connectivity index (χ1) is 15.2. The fraction of sp³-hybridized carbons (Fsp3) is 0.926. The van der Waals surface area contributed by atoms with Crippen molar-refractivity contribution in [3.05, 3.63) is 12.7 Å². The van der Waals surface area contributed by atoms with Gasteiger partial charge in [-0.3, -0.25) is 10.5 Å². The third kappa shape index (κ3) is 7.28. The highest BCUT2D eigenvalue weighted by atomic mass is 17.1. The number of hydrogen-bond acceptors (Lipinski definition) is 4. The first-order valence-corrected chi connectivity index (χ1v) is 13.4. The van der Waals surface area contributed by atoms with E-state index in [1.165, 1.54) is 83.5 Å². The van der Waals surface area contributed by atoms with Crippen LogP contribution in [0.3, 0.4) is 0 Å². The van der Waals surface area contributed by atoms with E-state index in [1.807, 2.05) is 0 Å². The maximum atomic E-state index is 9.51. The van der Waals surface area contributed by atoms with E-state index in [-0.39, 0.29) is 12.2 Å². The molecule has 3 aliphatic carbocycles. The Balaban J connectivity index is 1.40. The van der Waals surface area contributed by atoms with E-state index in [0.29, 0.717) is 18.8 Å². The van der Waals surface area contributed by atoms with E-state index >= 15 is 0 Å². The zero-order valence-electron chi connectivity index (χ0n) is 19.9. The van der Waals surface area contributed by atoms with Crippen LogP contribution in [-0.4, -0.2) is 22.7 Å². The summed E-state index contributed by atoms with van der Waals surface area (Å²) in [5.74, 6) is 5.09. The molecule has 6 atom stereocenters. The van der Waals surface area contributed by atoms with Crippen LogP contribution in [0.4, 0.5) is 0 Å². The van der Waals surface area contributed by atoms with Crippen LogP contribution in [0.5, 0.6) is 0 Å². The fourth-order valence-electron chi connectivity index (χ4n) is 7.28. The smallest absolute Gasteiger partial charge is 0.111 e. The standard InChI is InChI=1S/C27H48O4/c1-3-5-6-7-20-8-10-21(11-9-20)22-12-13-24-19-25(15-14-23(24)18-22)27(31-29)17-16-26(4-2)30-28/h4,20-29H,2-3,5-19H2,1H3. The molecule has 180 valence electrons. The van der Waals surface area contributed by atoms with E-state index in [1.54, 1.807) is 6.08 Å². The second-order valence-corrected chi connectivity index (χ2v) is 11.0. The number of rotatable bonds is 12. The van der Waals surface area contributed by atoms with Gasteiger partial charge in [-0.05, 0) is 99.7 Å². The van der Waals surface area contributed by atoms with Crippen LogP contribution in [0.1, 0.15) is 110 Å². The minimum Gasteiger partial charge on any atom is -0.252 e. The molecular formula is C27H48O4. The Hall–Kier alpha value is -0.420. The zero-order valence-corrected chi connectivity index (χ0v) is 19.9. The lowest BCUT2D eigenvalue weighted by Crippen LogP contribution is -2.38. The lowest BCUT2D eigenvalue weighted by atomic mass is 9.60. The van der Waals surface area contributed by atoms with Gasteiger partial charge >= 0.3 is 0 Å². The monoisotopic (exact) mass is 436 g/mol. The second-order valence-electron chi connectivity index (χ2n) is 11.0. The predicted octanol–water partition coefficient (Wildman–Crippen LogP) is 7.89. The van der Waals surface area contributed by atoms with Gasteiger partial charge in [0.1, 0.15) is 6.10 Å². The molecule has 0 aliphatic heterocycles. The Bertz CT molecular complexity index is 501. The van der Waals surface area contributed by atoms with E-state index in [2.05, 4.69) is 18.4 Å². The van der Waals surface area contributed by atoms with Crippen molar-refractivity contribution in [3.63, 3.8) is 0 Å². The zero-order chi connectivity index (χ0) is 22.1. The van der Waals surface area contributed by atoms with Gasteiger partial charge in [0.2, 0.25) is 0 Å². The summed E-state index contributed by atoms with van der Waals surface area (Å²) in [6, 6.07) is 0. The molecule has 0 radical (unpaired) electrons. The molecule has 4 nitrogen and oxygen atoms in total. The molecule has 6 unspecified atom stereocenters. The summed E-state index contributed by atoms with van der Waals surface area (Å²) in [6.45, 7) is 5.99. The third-order valence-electron chi connectivity index (χ3n) is 9.26. The van der Waals surface area contributed by atoms with Crippen LogP contribution in [-0.2, 0) is 9.78 Å². The van der Waals surface area contributed by atoms with Gasteiger partial charge in [-0.2, -0.15) is 0 Å². The van der Waals surface area contributed by atoms with Crippen molar-refractivity contribution in [2.75, 3.05) is 0 Å². The number of unbranched alkanes of at least 4 members (excludes halogenated alkanes) is 2. The Morgan fingerprint density at radius 3 is 2.10 bits per heavy atom. The van der Waals surface area contributed by atoms with Gasteiger partial charge in [0, 0.05) is 0 Å². The molecule has 0 amide bonds. The second kappa shape index (κ2) is 13.3. The summed E-state index contributed by atoms with van der Waals surface area (Å²) in [5, 5.41) is 18.4. The van der Waals surface area contributed by atoms with E-state index in [4.69, 9.17) is 10.1 Å². The summed E-state index contributed by atoms with van der Waals surface area (Å²) < 4.78 is 0. The number of fused-ring (bicyclic) bond motifs is 1. The highest BCUT2D eigenvalue weighted by Gasteiger charge is 2.40. The van der Waals surface area contributed by atoms with Gasteiger partial charge in [-0.25, -0.2) is 9.78 Å². The van der Waals surface area contributed by atoms with Gasteiger partial charge in [-0.1, -0.05) is 51.5 Å². The van der Waals surface area contributed by atoms with Gasteiger partial charge < -0.3 is 0 Å². The molecule has 0 aromatic rings. The number of hydrogen-bond donors (Lipinski definition) is 2. The topological polar surface area (TPSA) is 58.9 Å². The average Bonchev–Trinajstić information content (AvgIpc) is 2.82. The highest BCUT2D eigenvalue weighted by molar-refractivity contribution is 4.91. The van der Waals surface area contributed by atoms with Crippen molar-refractivity contribution in [2.24, 2.45) is 35.5 Å². The SMILES string of the molecule is C=CC(CCC(OO)C1CCC2CC(C3CCC(CCCCC)CC3)CCC2C1)OO. The Morgan fingerprint density at radius 1 is 0.806 bits per heavy atom. The van der Waals surface area contributed by atoms with Gasteiger partial charge in [0.15, 0.2) is 0 Å². The summed E-state index contributed by atoms with van der Waals surface area (Å²) in [4.78, 5) is 9.31. The lowest BCUT2D eigenvalue weighted by molar-refractivity contribution is -0.301. The van der Waals surface area contributed by atoms with Crippen molar-refractivity contribution in [1.29, 1.82) is 0 Å². The molecule has 0 spiro atoms. The van der Waals surface area contributed by atoms with Gasteiger partial charge in [-0.15, -0.1) is 6.58 Å². The molecule has 0 saturated heterocycles. The molecule has 3 aliphatic rings. The predicted molar refractivity (Wildman–Crippen MR) is 126 cm³/mol. The summed E-state index contributed by atoms with van der Waals surface area (Å²) in [5.41, 5.74) is 0. The van der Waals surface area contributed by atoms with Gasteiger partial charge in [0.05, 0.1) is 6.10 Å². The van der Waals surface area contributed by atoms with Crippen LogP contribution in [0, 0.1) is 35.5 Å². The molecule has 31 heavy (non-hydrogen) atoms. The van der Waals surface area contributed by atoms with Crippen LogP contribution in [0.2, 0.25) is 0 Å². The van der Waals surface area contributed by atoms with Crippen LogP contribution in [0.15, 0.2) is 12.7 Å². The Morgan fingerprint density at radius 2 is 1.45 bits per heavy atom. The molecule has 4 heteroatoms. The van der Waals surface area contributed by atoms with Crippen LogP contribution in [0.25, 0.3) is 0 Å². The van der Waals surface area contributed by atoms with Crippen molar-refractivity contribution in [3.8, 4) is 0 Å². The molecule has 0 aromatic heterocycles. The van der Waals surface area contributed by atoms with Gasteiger partial charge in [0.25, 0.3) is 0 Å². The van der Waals surface area contributed by atoms with Crippen LogP contribution < -0.4 is 0 Å². The fourth-order valence-corrected chi connectivity index (χ4v) is 7.28. The molecule has 0 heterocycles. The normalized spacial score (nSPS) is 35.8. The molecule has 2 N–H and O–H groups in total. The molecule has 3 fully saturated rings. The maximum Gasteiger partial charge on any atom is 0.111 e. The molecular weight excluding hydrogens is 388 g/mol. The van der Waals surface area contributed by atoms with Crippen molar-refractivity contribution in [2.45, 2.75) is 122 Å². The Kier molecular flexibility index (Phi) is 10.8. The van der Waals surface area contributed by atoms with E-state index < -0.39 is 0 Å². The van der Waals surface area contributed by atoms with Crippen molar-refractivity contribution in [1.82, 2.24) is 0 Å². The maximum absolute atomic E-state index is 9.51. The average molecular weight is 437 g/mol. The Labute approximate surface area is 190 Å². The van der Waals surface area contributed by atoms with Crippen LogP contribution >= 0.6 is 0 Å². The minimum atomic E-state index is -0.383. The molecule has 3 saturated carbocycles. The van der Waals surface area contributed by atoms with Crippen molar-refractivity contribution >= 4 is 0 Å². The lowest BCUT2D eigenvalue weighted by Gasteiger charge is -2.46. The molecule has 0 bridgehead atoms. The van der Waals surface area contributed by atoms with Crippen molar-refractivity contribution < 1.29 is 20.3 Å². The largest absolute Gasteiger partial charge is 0.252 e. The van der Waals surface area contributed by atoms with E-state index in [9.17, 15) is 5.26 Å². The van der Waals surface area contributed by atoms with E-state index in [0.717, 1.165) is 36.0 Å². The third-order valence-corrected chi connectivity index (χ3v) is 9.26. The quantitative estimate of drug-likeness (QED) is 0.141. The summed E-state index contributed by atoms with van der Waals surface area (Å²) in [6.07, 6.45) is 21.9. The summed E-state index contributed by atoms with van der Waals surface area (Å²) in [7, 11) is 0. The minimum absolute atomic E-state index is 0.153. The first kappa shape index (κ1) is 25.2.